The lowest BCUT2D eigenvalue weighted by Gasteiger charge is -2.19. The molecule has 2 aromatic rings. The van der Waals surface area contributed by atoms with Crippen molar-refractivity contribution in [3.63, 3.8) is 0 Å². The van der Waals surface area contributed by atoms with Crippen molar-refractivity contribution in [2.75, 3.05) is 0 Å². The average molecular weight is 272 g/mol. The Balaban J connectivity index is 2.23. The molecule has 0 aromatic heterocycles. The maximum Gasteiger partial charge on any atom is 0.158 e. The molecule has 20 heavy (non-hydrogen) atoms. The van der Waals surface area contributed by atoms with Gasteiger partial charge in [0.2, 0.25) is 0 Å². The second-order valence-corrected chi connectivity index (χ2v) is 5.80. The van der Waals surface area contributed by atoms with Crippen molar-refractivity contribution in [2.45, 2.75) is 33.0 Å². The summed E-state index contributed by atoms with van der Waals surface area (Å²) < 4.78 is 5.76. The fourth-order valence-electron chi connectivity index (χ4n) is 1.84. The third kappa shape index (κ3) is 3.75. The molecule has 0 atom stereocenters. The molecule has 0 bridgehead atoms. The number of ether oxygens (including phenoxy) is 1. The summed E-state index contributed by atoms with van der Waals surface area (Å²) in [6.45, 7) is 6.61. The molecule has 106 valence electrons. The van der Waals surface area contributed by atoms with Crippen LogP contribution in [0.2, 0.25) is 0 Å². The molecule has 0 amide bonds. The fraction of sp³-hybridized carbons (Fsp3) is 0.294. The monoisotopic (exact) mass is 272 g/mol. The Kier molecular flexibility index (Phi) is 4.00. The Morgan fingerprint density at radius 3 is 2.25 bits per heavy atom. The normalized spacial score (nSPS) is 11.6. The lowest BCUT2D eigenvalue weighted by Crippen LogP contribution is -2.18. The zero-order valence-electron chi connectivity index (χ0n) is 12.1. The molecule has 0 heterocycles. The Morgan fingerprint density at radius 2 is 1.60 bits per heavy atom. The van der Waals surface area contributed by atoms with E-state index in [1.54, 1.807) is 12.1 Å². The first-order chi connectivity index (χ1) is 9.35. The number of aromatic hydroxyl groups is 2. The van der Waals surface area contributed by atoms with Gasteiger partial charge in [-0.2, -0.15) is 0 Å². The van der Waals surface area contributed by atoms with Crippen molar-refractivity contribution in [3.05, 3.63) is 48.0 Å². The van der Waals surface area contributed by atoms with Gasteiger partial charge in [0.1, 0.15) is 0 Å². The first-order valence-electron chi connectivity index (χ1n) is 6.60. The molecule has 0 unspecified atom stereocenters. The quantitative estimate of drug-likeness (QED) is 0.828. The van der Waals surface area contributed by atoms with Gasteiger partial charge in [0.25, 0.3) is 0 Å². The molecule has 0 saturated heterocycles. The van der Waals surface area contributed by atoms with Crippen molar-refractivity contribution in [1.82, 2.24) is 0 Å². The molecule has 3 nitrogen and oxygen atoms in total. The Bertz CT molecular complexity index is 597. The number of hydrogen-bond donors (Lipinski definition) is 2. The van der Waals surface area contributed by atoms with Crippen LogP contribution in [0.25, 0.3) is 11.1 Å². The second-order valence-electron chi connectivity index (χ2n) is 5.80. The third-order valence-corrected chi connectivity index (χ3v) is 2.91. The maximum absolute atomic E-state index is 9.57. The maximum atomic E-state index is 9.57. The smallest absolute Gasteiger partial charge is 0.158 e. The van der Waals surface area contributed by atoms with Crippen LogP contribution in [0.4, 0.5) is 0 Å². The van der Waals surface area contributed by atoms with Gasteiger partial charge >= 0.3 is 0 Å². The van der Waals surface area contributed by atoms with E-state index in [1.165, 1.54) is 6.07 Å². The van der Waals surface area contributed by atoms with E-state index in [0.29, 0.717) is 6.61 Å². The van der Waals surface area contributed by atoms with Crippen LogP contribution in [0.3, 0.4) is 0 Å². The summed E-state index contributed by atoms with van der Waals surface area (Å²) in [5.41, 5.74) is 2.74. The topological polar surface area (TPSA) is 49.7 Å². The van der Waals surface area contributed by atoms with Crippen molar-refractivity contribution >= 4 is 0 Å². The van der Waals surface area contributed by atoms with Gasteiger partial charge in [0, 0.05) is 0 Å². The summed E-state index contributed by atoms with van der Waals surface area (Å²) >= 11 is 0. The Labute approximate surface area is 119 Å². The first kappa shape index (κ1) is 14.4. The van der Waals surface area contributed by atoms with Crippen LogP contribution in [0.15, 0.2) is 42.5 Å². The fourth-order valence-corrected chi connectivity index (χ4v) is 1.84. The van der Waals surface area contributed by atoms with E-state index in [1.807, 2.05) is 45.0 Å². The van der Waals surface area contributed by atoms with Crippen molar-refractivity contribution in [2.24, 2.45) is 0 Å². The summed E-state index contributed by atoms with van der Waals surface area (Å²) in [6.07, 6.45) is 0. The van der Waals surface area contributed by atoms with Gasteiger partial charge in [0.05, 0.1) is 12.2 Å². The van der Waals surface area contributed by atoms with E-state index in [0.717, 1.165) is 16.7 Å². The van der Waals surface area contributed by atoms with Crippen LogP contribution in [0.5, 0.6) is 11.5 Å². The highest BCUT2D eigenvalue weighted by Crippen LogP contribution is 2.30. The summed E-state index contributed by atoms with van der Waals surface area (Å²) in [5.74, 6) is -0.222. The minimum atomic E-state index is -0.174. The second kappa shape index (κ2) is 5.55. The predicted octanol–water partition coefficient (Wildman–Crippen LogP) is 4.08. The number of hydrogen-bond acceptors (Lipinski definition) is 3. The van der Waals surface area contributed by atoms with Gasteiger partial charge < -0.3 is 14.9 Å². The molecule has 0 aliphatic rings. The lowest BCUT2D eigenvalue weighted by atomic mass is 10.0. The SMILES string of the molecule is CC(C)(C)OCc1cccc(-c2ccc(O)c(O)c2)c1. The average Bonchev–Trinajstić information content (AvgIpc) is 2.39. The molecule has 0 fully saturated rings. The van der Waals surface area contributed by atoms with Crippen LogP contribution in [0.1, 0.15) is 26.3 Å². The van der Waals surface area contributed by atoms with E-state index >= 15 is 0 Å². The van der Waals surface area contributed by atoms with Crippen LogP contribution in [-0.2, 0) is 11.3 Å². The highest BCUT2D eigenvalue weighted by molar-refractivity contribution is 5.67. The van der Waals surface area contributed by atoms with Gasteiger partial charge in [-0.1, -0.05) is 24.3 Å². The standard InChI is InChI=1S/C17H20O3/c1-17(2,3)20-11-12-5-4-6-13(9-12)14-7-8-15(18)16(19)10-14/h4-10,18-19H,11H2,1-3H3. The molecular formula is C17H20O3. The molecule has 0 aliphatic heterocycles. The molecule has 2 rings (SSSR count). The van der Waals surface area contributed by atoms with E-state index in [9.17, 15) is 10.2 Å². The van der Waals surface area contributed by atoms with Crippen LogP contribution in [-0.4, -0.2) is 15.8 Å². The van der Waals surface area contributed by atoms with E-state index in [4.69, 9.17) is 4.74 Å². The molecule has 0 radical (unpaired) electrons. The van der Waals surface area contributed by atoms with E-state index < -0.39 is 0 Å². The van der Waals surface area contributed by atoms with E-state index in [2.05, 4.69) is 0 Å². The Morgan fingerprint density at radius 1 is 0.900 bits per heavy atom. The molecule has 0 saturated carbocycles. The minimum absolute atomic E-state index is 0.110. The van der Waals surface area contributed by atoms with Gasteiger partial charge in [-0.05, 0) is 55.7 Å². The zero-order chi connectivity index (χ0) is 14.8. The summed E-state index contributed by atoms with van der Waals surface area (Å²) in [5, 5.41) is 18.9. The molecule has 2 aromatic carbocycles. The highest BCUT2D eigenvalue weighted by atomic mass is 16.5. The molecular weight excluding hydrogens is 252 g/mol. The van der Waals surface area contributed by atoms with Crippen LogP contribution in [0, 0.1) is 0 Å². The summed E-state index contributed by atoms with van der Waals surface area (Å²) in [4.78, 5) is 0. The van der Waals surface area contributed by atoms with Crippen LogP contribution < -0.4 is 0 Å². The highest BCUT2D eigenvalue weighted by Gasteiger charge is 2.10. The van der Waals surface area contributed by atoms with Gasteiger partial charge in [-0.25, -0.2) is 0 Å². The summed E-state index contributed by atoms with van der Waals surface area (Å²) in [6, 6.07) is 12.8. The zero-order valence-corrected chi connectivity index (χ0v) is 12.1. The number of phenols is 2. The molecule has 0 spiro atoms. The van der Waals surface area contributed by atoms with Crippen molar-refractivity contribution in [1.29, 1.82) is 0 Å². The van der Waals surface area contributed by atoms with Crippen molar-refractivity contribution < 1.29 is 14.9 Å². The van der Waals surface area contributed by atoms with Gasteiger partial charge in [0.15, 0.2) is 11.5 Å². The number of benzene rings is 2. The Hall–Kier alpha value is -2.00. The first-order valence-corrected chi connectivity index (χ1v) is 6.60. The third-order valence-electron chi connectivity index (χ3n) is 2.91. The van der Waals surface area contributed by atoms with Crippen molar-refractivity contribution in [3.8, 4) is 22.6 Å². The molecule has 2 N–H and O–H groups in total. The number of phenolic OH excluding ortho intramolecular Hbond substituents is 2. The minimum Gasteiger partial charge on any atom is -0.504 e. The predicted molar refractivity (Wildman–Crippen MR) is 79.7 cm³/mol. The van der Waals surface area contributed by atoms with E-state index in [-0.39, 0.29) is 17.1 Å². The largest absolute Gasteiger partial charge is 0.504 e. The molecule has 0 aliphatic carbocycles. The van der Waals surface area contributed by atoms with Gasteiger partial charge in [-0.15, -0.1) is 0 Å². The summed E-state index contributed by atoms with van der Waals surface area (Å²) in [7, 11) is 0. The lowest BCUT2D eigenvalue weighted by molar-refractivity contribution is -0.0149. The number of rotatable bonds is 3. The molecule has 3 heteroatoms. The van der Waals surface area contributed by atoms with Crippen LogP contribution >= 0.6 is 0 Å². The van der Waals surface area contributed by atoms with Gasteiger partial charge in [-0.3, -0.25) is 0 Å².